The largest absolute Gasteiger partial charge is 0.497 e. The molecule has 5 nitrogen and oxygen atoms in total. The van der Waals surface area contributed by atoms with Gasteiger partial charge in [-0.2, -0.15) is 0 Å². The molecule has 1 aromatic rings. The number of likely N-dealkylation sites (tertiary alicyclic amines) is 1. The predicted molar refractivity (Wildman–Crippen MR) is 88.9 cm³/mol. The Morgan fingerprint density at radius 2 is 2.04 bits per heavy atom. The van der Waals surface area contributed by atoms with Gasteiger partial charge in [0, 0.05) is 37.8 Å². The van der Waals surface area contributed by atoms with Crippen LogP contribution in [0.15, 0.2) is 24.3 Å². The zero-order valence-electron chi connectivity index (χ0n) is 14.4. The summed E-state index contributed by atoms with van der Waals surface area (Å²) in [7, 11) is 3.59. The van der Waals surface area contributed by atoms with Gasteiger partial charge in [0.2, 0.25) is 5.91 Å². The van der Waals surface area contributed by atoms with Gasteiger partial charge < -0.3 is 19.1 Å². The predicted octanol–water partition coefficient (Wildman–Crippen LogP) is 2.34. The van der Waals surface area contributed by atoms with E-state index in [9.17, 15) is 4.79 Å². The summed E-state index contributed by atoms with van der Waals surface area (Å²) in [5.74, 6) is 0.550. The molecule has 0 aromatic heterocycles. The van der Waals surface area contributed by atoms with Crippen LogP contribution in [0.3, 0.4) is 0 Å². The van der Waals surface area contributed by atoms with Crippen LogP contribution in [0.25, 0.3) is 0 Å². The average Bonchev–Trinajstić information content (AvgIpc) is 3.06. The maximum absolute atomic E-state index is 12.9. The summed E-state index contributed by atoms with van der Waals surface area (Å²) in [5, 5.41) is 0. The van der Waals surface area contributed by atoms with Gasteiger partial charge in [0.25, 0.3) is 0 Å². The van der Waals surface area contributed by atoms with Crippen LogP contribution in [0.1, 0.15) is 31.2 Å². The van der Waals surface area contributed by atoms with E-state index in [1.54, 1.807) is 7.11 Å². The summed E-state index contributed by atoms with van der Waals surface area (Å²) in [6, 6.07) is 8.18. The molecule has 2 aliphatic heterocycles. The Morgan fingerprint density at radius 3 is 2.79 bits per heavy atom. The number of piperidine rings is 1. The number of amides is 1. The van der Waals surface area contributed by atoms with Gasteiger partial charge in [-0.1, -0.05) is 12.1 Å². The molecule has 24 heavy (non-hydrogen) atoms. The van der Waals surface area contributed by atoms with Crippen molar-refractivity contribution < 1.29 is 19.0 Å². The Morgan fingerprint density at radius 1 is 1.25 bits per heavy atom. The quantitative estimate of drug-likeness (QED) is 0.835. The molecule has 1 amide bonds. The van der Waals surface area contributed by atoms with Crippen LogP contribution >= 0.6 is 0 Å². The second kappa shape index (κ2) is 5.74. The van der Waals surface area contributed by atoms with E-state index in [1.807, 2.05) is 24.1 Å². The lowest BCUT2D eigenvalue weighted by molar-refractivity contribution is -0.207. The molecule has 1 aliphatic carbocycles. The molecule has 0 N–H and O–H groups in total. The van der Waals surface area contributed by atoms with Crippen molar-refractivity contribution in [1.82, 2.24) is 4.90 Å². The first kappa shape index (κ1) is 15.9. The molecule has 4 rings (SSSR count). The SMILES string of the molecule is COc1cccc([C@]23CCN(C)C(=O)[C@H]2CCC2(C3)OCCO2)c1. The summed E-state index contributed by atoms with van der Waals surface area (Å²) in [4.78, 5) is 14.8. The number of methoxy groups -OCH3 is 1. The van der Waals surface area contributed by atoms with Crippen LogP contribution in [0, 0.1) is 5.92 Å². The van der Waals surface area contributed by atoms with Gasteiger partial charge in [-0.05, 0) is 30.5 Å². The standard InChI is InChI=1S/C19H25NO4/c1-20-9-8-18(14-4-3-5-15(12-14)22-2)13-19(23-10-11-24-19)7-6-16(18)17(20)21/h3-5,12,16H,6-11,13H2,1-2H3/t16-,18-/m1/s1. The summed E-state index contributed by atoms with van der Waals surface area (Å²) < 4.78 is 17.5. The summed E-state index contributed by atoms with van der Waals surface area (Å²) >= 11 is 0. The highest BCUT2D eigenvalue weighted by molar-refractivity contribution is 5.82. The first-order chi connectivity index (χ1) is 11.6. The summed E-state index contributed by atoms with van der Waals surface area (Å²) in [6.07, 6.45) is 3.28. The van der Waals surface area contributed by atoms with E-state index in [0.717, 1.165) is 38.0 Å². The molecule has 5 heteroatoms. The highest BCUT2D eigenvalue weighted by Crippen LogP contribution is 2.54. The molecule has 2 heterocycles. The Bertz CT molecular complexity index is 640. The van der Waals surface area contributed by atoms with Crippen LogP contribution in [0.4, 0.5) is 0 Å². The maximum atomic E-state index is 12.9. The van der Waals surface area contributed by atoms with Gasteiger partial charge in [-0.15, -0.1) is 0 Å². The van der Waals surface area contributed by atoms with Gasteiger partial charge in [0.05, 0.1) is 20.3 Å². The van der Waals surface area contributed by atoms with Crippen LogP contribution < -0.4 is 4.74 Å². The molecule has 0 bridgehead atoms. The van der Waals surface area contributed by atoms with Crippen LogP contribution in [-0.4, -0.2) is 50.5 Å². The minimum atomic E-state index is -0.518. The van der Waals surface area contributed by atoms with Crippen molar-refractivity contribution in [2.45, 2.75) is 36.9 Å². The maximum Gasteiger partial charge on any atom is 0.226 e. The number of ether oxygens (including phenoxy) is 3. The number of nitrogens with zero attached hydrogens (tertiary/aromatic N) is 1. The molecular formula is C19H25NO4. The molecule has 1 spiro atoms. The Labute approximate surface area is 142 Å². The number of carbonyl (C=O) groups excluding carboxylic acids is 1. The Kier molecular flexibility index (Phi) is 3.81. The molecule has 3 fully saturated rings. The van der Waals surface area contributed by atoms with Crippen molar-refractivity contribution in [3.05, 3.63) is 29.8 Å². The zero-order chi connectivity index (χ0) is 16.8. The van der Waals surface area contributed by atoms with Crippen molar-refractivity contribution in [3.8, 4) is 5.75 Å². The first-order valence-corrected chi connectivity index (χ1v) is 8.76. The minimum absolute atomic E-state index is 0.0122. The Balaban J connectivity index is 1.79. The molecule has 3 aliphatic rings. The highest BCUT2D eigenvalue weighted by Gasteiger charge is 2.58. The van der Waals surface area contributed by atoms with Gasteiger partial charge in [-0.25, -0.2) is 0 Å². The van der Waals surface area contributed by atoms with E-state index < -0.39 is 5.79 Å². The molecular weight excluding hydrogens is 306 g/mol. The average molecular weight is 331 g/mol. The number of carbonyl (C=O) groups is 1. The van der Waals surface area contributed by atoms with Crippen LogP contribution in [0.2, 0.25) is 0 Å². The van der Waals surface area contributed by atoms with Gasteiger partial charge in [0.1, 0.15) is 5.75 Å². The fourth-order valence-electron chi connectivity index (χ4n) is 4.82. The number of rotatable bonds is 2. The van der Waals surface area contributed by atoms with E-state index >= 15 is 0 Å². The number of hydrogen-bond acceptors (Lipinski definition) is 4. The Hall–Kier alpha value is -1.59. The normalized spacial score (nSPS) is 32.0. The number of hydrogen-bond donors (Lipinski definition) is 0. The smallest absolute Gasteiger partial charge is 0.226 e. The lowest BCUT2D eigenvalue weighted by Gasteiger charge is -2.53. The number of fused-ring (bicyclic) bond motifs is 1. The second-order valence-electron chi connectivity index (χ2n) is 7.27. The molecule has 0 radical (unpaired) electrons. The zero-order valence-corrected chi connectivity index (χ0v) is 14.4. The van der Waals surface area contributed by atoms with Crippen molar-refractivity contribution in [3.63, 3.8) is 0 Å². The van der Waals surface area contributed by atoms with Crippen LogP contribution in [0.5, 0.6) is 5.75 Å². The molecule has 130 valence electrons. The van der Waals surface area contributed by atoms with Crippen LogP contribution in [-0.2, 0) is 19.7 Å². The monoisotopic (exact) mass is 331 g/mol. The van der Waals surface area contributed by atoms with Crippen molar-refractivity contribution >= 4 is 5.91 Å². The number of benzene rings is 1. The fourth-order valence-corrected chi connectivity index (χ4v) is 4.82. The molecule has 2 atom stereocenters. The van der Waals surface area contributed by atoms with Gasteiger partial charge >= 0.3 is 0 Å². The summed E-state index contributed by atoms with van der Waals surface area (Å²) in [5.41, 5.74) is 0.937. The first-order valence-electron chi connectivity index (χ1n) is 8.76. The van der Waals surface area contributed by atoms with Crippen molar-refractivity contribution in [2.75, 3.05) is 33.9 Å². The third-order valence-electron chi connectivity index (χ3n) is 6.09. The molecule has 0 unspecified atom stereocenters. The fraction of sp³-hybridized carbons (Fsp3) is 0.632. The molecule has 1 aromatic carbocycles. The van der Waals surface area contributed by atoms with E-state index in [4.69, 9.17) is 14.2 Å². The van der Waals surface area contributed by atoms with E-state index in [1.165, 1.54) is 5.56 Å². The second-order valence-corrected chi connectivity index (χ2v) is 7.27. The van der Waals surface area contributed by atoms with E-state index in [-0.39, 0.29) is 17.2 Å². The van der Waals surface area contributed by atoms with E-state index in [0.29, 0.717) is 13.2 Å². The molecule has 1 saturated carbocycles. The third-order valence-corrected chi connectivity index (χ3v) is 6.09. The highest BCUT2D eigenvalue weighted by atomic mass is 16.7. The lowest BCUT2D eigenvalue weighted by atomic mass is 9.57. The molecule has 2 saturated heterocycles. The lowest BCUT2D eigenvalue weighted by Crippen LogP contribution is -2.58. The van der Waals surface area contributed by atoms with E-state index in [2.05, 4.69) is 12.1 Å². The van der Waals surface area contributed by atoms with Gasteiger partial charge in [0.15, 0.2) is 5.79 Å². The van der Waals surface area contributed by atoms with Gasteiger partial charge in [-0.3, -0.25) is 4.79 Å². The minimum Gasteiger partial charge on any atom is -0.497 e. The topological polar surface area (TPSA) is 48.0 Å². The van der Waals surface area contributed by atoms with Crippen molar-refractivity contribution in [2.24, 2.45) is 5.92 Å². The third kappa shape index (κ3) is 2.33. The summed E-state index contributed by atoms with van der Waals surface area (Å²) in [6.45, 7) is 2.06. The van der Waals surface area contributed by atoms with Crippen molar-refractivity contribution in [1.29, 1.82) is 0 Å².